The van der Waals surface area contributed by atoms with Gasteiger partial charge in [0, 0.05) is 15.5 Å². The smallest absolute Gasteiger partial charge is 0.218 e. The van der Waals surface area contributed by atoms with Gasteiger partial charge in [0.2, 0.25) is 5.90 Å². The average molecular weight is 245 g/mol. The number of aliphatic imine (C=N–C) groups is 1. The van der Waals surface area contributed by atoms with Gasteiger partial charge in [0.05, 0.1) is 11.6 Å². The van der Waals surface area contributed by atoms with E-state index in [1.54, 1.807) is 11.3 Å². The SMILES string of the molecule is CC(C)[C@H]1COC(c2csc3ccccc23)=N1. The van der Waals surface area contributed by atoms with Crippen molar-refractivity contribution in [2.24, 2.45) is 10.9 Å². The summed E-state index contributed by atoms with van der Waals surface area (Å²) < 4.78 is 7.03. The fraction of sp³-hybridized carbons (Fsp3) is 0.357. The number of fused-ring (bicyclic) bond motifs is 1. The van der Waals surface area contributed by atoms with Gasteiger partial charge in [0.25, 0.3) is 0 Å². The Kier molecular flexibility index (Phi) is 2.63. The van der Waals surface area contributed by atoms with Crippen LogP contribution in [0.2, 0.25) is 0 Å². The van der Waals surface area contributed by atoms with E-state index in [-0.39, 0.29) is 0 Å². The second-order valence-corrected chi connectivity index (χ2v) is 5.61. The zero-order valence-corrected chi connectivity index (χ0v) is 10.8. The molecule has 2 heterocycles. The molecule has 3 rings (SSSR count). The molecule has 0 aliphatic carbocycles. The molecule has 1 aromatic carbocycles. The molecule has 1 aliphatic rings. The molecule has 2 nitrogen and oxygen atoms in total. The van der Waals surface area contributed by atoms with Crippen LogP contribution in [0.5, 0.6) is 0 Å². The van der Waals surface area contributed by atoms with E-state index in [0.29, 0.717) is 12.0 Å². The van der Waals surface area contributed by atoms with Crippen molar-refractivity contribution in [3.8, 4) is 0 Å². The van der Waals surface area contributed by atoms with Crippen molar-refractivity contribution in [2.75, 3.05) is 6.61 Å². The van der Waals surface area contributed by atoms with Crippen LogP contribution in [0.1, 0.15) is 19.4 Å². The molecule has 0 unspecified atom stereocenters. The summed E-state index contributed by atoms with van der Waals surface area (Å²) >= 11 is 1.75. The van der Waals surface area contributed by atoms with Crippen molar-refractivity contribution in [3.05, 3.63) is 35.2 Å². The highest BCUT2D eigenvalue weighted by Crippen LogP contribution is 2.28. The molecule has 0 fully saturated rings. The van der Waals surface area contributed by atoms with Gasteiger partial charge in [0.15, 0.2) is 0 Å². The van der Waals surface area contributed by atoms with Crippen molar-refractivity contribution in [3.63, 3.8) is 0 Å². The Balaban J connectivity index is 2.03. The third kappa shape index (κ3) is 1.84. The molecule has 1 aliphatic heterocycles. The van der Waals surface area contributed by atoms with Crippen LogP contribution < -0.4 is 0 Å². The lowest BCUT2D eigenvalue weighted by Crippen LogP contribution is -2.13. The summed E-state index contributed by atoms with van der Waals surface area (Å²) in [5, 5.41) is 3.40. The maximum Gasteiger partial charge on any atom is 0.218 e. The molecule has 0 N–H and O–H groups in total. The predicted molar refractivity (Wildman–Crippen MR) is 72.9 cm³/mol. The quantitative estimate of drug-likeness (QED) is 0.790. The molecule has 0 bridgehead atoms. The summed E-state index contributed by atoms with van der Waals surface area (Å²) in [6.07, 6.45) is 0. The minimum absolute atomic E-state index is 0.309. The number of thiophene rings is 1. The number of hydrogen-bond donors (Lipinski definition) is 0. The fourth-order valence-corrected chi connectivity index (χ4v) is 2.96. The van der Waals surface area contributed by atoms with Crippen LogP contribution in [0.3, 0.4) is 0 Å². The van der Waals surface area contributed by atoms with Crippen LogP contribution in [0.15, 0.2) is 34.6 Å². The van der Waals surface area contributed by atoms with E-state index < -0.39 is 0 Å². The van der Waals surface area contributed by atoms with Crippen LogP contribution in [0, 0.1) is 5.92 Å². The Labute approximate surface area is 105 Å². The van der Waals surface area contributed by atoms with Gasteiger partial charge < -0.3 is 4.74 Å². The second-order valence-electron chi connectivity index (χ2n) is 4.70. The molecule has 88 valence electrons. The first-order valence-corrected chi connectivity index (χ1v) is 6.81. The third-order valence-corrected chi connectivity index (χ3v) is 4.12. The predicted octanol–water partition coefficient (Wildman–Crippen LogP) is 3.70. The minimum atomic E-state index is 0.309. The summed E-state index contributed by atoms with van der Waals surface area (Å²) in [4.78, 5) is 4.68. The van der Waals surface area contributed by atoms with Crippen LogP contribution >= 0.6 is 11.3 Å². The van der Waals surface area contributed by atoms with Crippen molar-refractivity contribution < 1.29 is 4.74 Å². The Hall–Kier alpha value is -1.35. The molecule has 1 atom stereocenters. The van der Waals surface area contributed by atoms with E-state index in [4.69, 9.17) is 4.74 Å². The summed E-state index contributed by atoms with van der Waals surface area (Å²) in [6.45, 7) is 5.09. The van der Waals surface area contributed by atoms with Gasteiger partial charge in [-0.05, 0) is 12.0 Å². The molecule has 0 amide bonds. The lowest BCUT2D eigenvalue weighted by Gasteiger charge is -2.06. The van der Waals surface area contributed by atoms with Gasteiger partial charge in [-0.3, -0.25) is 0 Å². The molecule has 1 aromatic heterocycles. The molecule has 17 heavy (non-hydrogen) atoms. The van der Waals surface area contributed by atoms with E-state index in [2.05, 4.69) is 48.5 Å². The van der Waals surface area contributed by atoms with Gasteiger partial charge >= 0.3 is 0 Å². The Morgan fingerprint density at radius 2 is 2.18 bits per heavy atom. The highest BCUT2D eigenvalue weighted by atomic mass is 32.1. The van der Waals surface area contributed by atoms with Crippen molar-refractivity contribution >= 4 is 27.3 Å². The topological polar surface area (TPSA) is 21.6 Å². The number of nitrogens with zero attached hydrogens (tertiary/aromatic N) is 1. The highest BCUT2D eigenvalue weighted by molar-refractivity contribution is 7.17. The number of rotatable bonds is 2. The maximum absolute atomic E-state index is 5.74. The van der Waals surface area contributed by atoms with Crippen molar-refractivity contribution in [2.45, 2.75) is 19.9 Å². The molecule has 0 saturated heterocycles. The first kappa shape index (κ1) is 10.8. The summed E-state index contributed by atoms with van der Waals surface area (Å²) in [5.41, 5.74) is 1.15. The number of benzene rings is 1. The van der Waals surface area contributed by atoms with Gasteiger partial charge in [0.1, 0.15) is 6.61 Å². The Bertz CT molecular complexity index is 570. The van der Waals surface area contributed by atoms with Crippen LogP contribution in [-0.4, -0.2) is 18.5 Å². The monoisotopic (exact) mass is 245 g/mol. The lowest BCUT2D eigenvalue weighted by atomic mass is 10.1. The number of hydrogen-bond acceptors (Lipinski definition) is 3. The van der Waals surface area contributed by atoms with Gasteiger partial charge in [-0.2, -0.15) is 0 Å². The first-order chi connectivity index (χ1) is 8.25. The molecule has 3 heteroatoms. The first-order valence-electron chi connectivity index (χ1n) is 5.93. The standard InChI is InChI=1S/C14H15NOS/c1-9(2)12-7-16-14(15-12)11-8-17-13-6-4-3-5-10(11)13/h3-6,8-9,12H,7H2,1-2H3/t12-/m1/s1. The van der Waals surface area contributed by atoms with Crippen molar-refractivity contribution in [1.82, 2.24) is 0 Å². The Morgan fingerprint density at radius 3 is 2.94 bits per heavy atom. The van der Waals surface area contributed by atoms with Crippen molar-refractivity contribution in [1.29, 1.82) is 0 Å². The van der Waals surface area contributed by atoms with E-state index in [1.807, 2.05) is 0 Å². The minimum Gasteiger partial charge on any atom is -0.475 e. The maximum atomic E-state index is 5.74. The third-order valence-electron chi connectivity index (χ3n) is 3.15. The van der Waals surface area contributed by atoms with E-state index >= 15 is 0 Å². The number of ether oxygens (including phenoxy) is 1. The van der Waals surface area contributed by atoms with Crippen LogP contribution in [0.4, 0.5) is 0 Å². The molecular formula is C14H15NOS. The zero-order chi connectivity index (χ0) is 11.8. The molecule has 0 radical (unpaired) electrons. The van der Waals surface area contributed by atoms with Gasteiger partial charge in [-0.1, -0.05) is 32.0 Å². The Morgan fingerprint density at radius 1 is 1.35 bits per heavy atom. The summed E-state index contributed by atoms with van der Waals surface area (Å²) in [6, 6.07) is 8.71. The van der Waals surface area contributed by atoms with Gasteiger partial charge in [-0.25, -0.2) is 4.99 Å². The van der Waals surface area contributed by atoms with Crippen LogP contribution in [-0.2, 0) is 4.74 Å². The van der Waals surface area contributed by atoms with E-state index in [9.17, 15) is 0 Å². The van der Waals surface area contributed by atoms with E-state index in [0.717, 1.165) is 18.1 Å². The average Bonchev–Trinajstić information content (AvgIpc) is 2.95. The largest absolute Gasteiger partial charge is 0.475 e. The molecular weight excluding hydrogens is 230 g/mol. The lowest BCUT2D eigenvalue weighted by molar-refractivity contribution is 0.292. The second kappa shape index (κ2) is 4.15. The summed E-state index contributed by atoms with van der Waals surface area (Å²) in [5.74, 6) is 1.36. The molecule has 0 spiro atoms. The summed E-state index contributed by atoms with van der Waals surface area (Å²) in [7, 11) is 0. The zero-order valence-electron chi connectivity index (χ0n) is 10.0. The van der Waals surface area contributed by atoms with Gasteiger partial charge in [-0.15, -0.1) is 11.3 Å². The molecule has 0 saturated carbocycles. The normalized spacial score (nSPS) is 19.7. The highest BCUT2D eigenvalue weighted by Gasteiger charge is 2.24. The fourth-order valence-electron chi connectivity index (χ4n) is 2.02. The molecule has 2 aromatic rings. The van der Waals surface area contributed by atoms with E-state index in [1.165, 1.54) is 10.1 Å². The van der Waals surface area contributed by atoms with Crippen LogP contribution in [0.25, 0.3) is 10.1 Å².